The minimum absolute atomic E-state index is 0.0786. The Hall–Kier alpha value is -3.15. The van der Waals surface area contributed by atoms with Crippen molar-refractivity contribution >= 4 is 6.29 Å². The van der Waals surface area contributed by atoms with Gasteiger partial charge in [-0.05, 0) is 43.5 Å². The Morgan fingerprint density at radius 1 is 1.18 bits per heavy atom. The van der Waals surface area contributed by atoms with Gasteiger partial charge in [-0.1, -0.05) is 19.9 Å². The number of aromatic hydroxyl groups is 1. The van der Waals surface area contributed by atoms with Gasteiger partial charge in [0.15, 0.2) is 6.29 Å². The van der Waals surface area contributed by atoms with Crippen LogP contribution < -0.4 is 4.74 Å². The Bertz CT molecular complexity index is 1010. The van der Waals surface area contributed by atoms with Crippen LogP contribution in [0, 0.1) is 0 Å². The number of imidazole rings is 1. The van der Waals surface area contributed by atoms with Gasteiger partial charge in [-0.2, -0.15) is 0 Å². The van der Waals surface area contributed by atoms with Crippen molar-refractivity contribution in [3.05, 3.63) is 65.9 Å². The van der Waals surface area contributed by atoms with Crippen molar-refractivity contribution in [1.29, 1.82) is 0 Å². The van der Waals surface area contributed by atoms with Crippen LogP contribution in [0.2, 0.25) is 0 Å². The van der Waals surface area contributed by atoms with Crippen LogP contribution >= 0.6 is 0 Å². The highest BCUT2D eigenvalue weighted by Crippen LogP contribution is 2.47. The average molecular weight is 377 g/mol. The molecule has 0 spiro atoms. The van der Waals surface area contributed by atoms with Crippen LogP contribution in [0.3, 0.4) is 0 Å². The lowest BCUT2D eigenvalue weighted by molar-refractivity contribution is -0.0130. The number of benzene rings is 1. The zero-order valence-electron chi connectivity index (χ0n) is 16.0. The Balaban J connectivity index is 1.81. The molecule has 0 atom stereocenters. The van der Waals surface area contributed by atoms with Gasteiger partial charge >= 0.3 is 0 Å². The fourth-order valence-electron chi connectivity index (χ4n) is 3.74. The second-order valence-electron chi connectivity index (χ2n) is 7.44. The lowest BCUT2D eigenvalue weighted by Gasteiger charge is -2.43. The maximum absolute atomic E-state index is 11.5. The molecule has 1 saturated carbocycles. The average Bonchev–Trinajstić information content (AvgIpc) is 3.15. The summed E-state index contributed by atoms with van der Waals surface area (Å²) in [4.78, 5) is 20.6. The third kappa shape index (κ3) is 2.95. The number of rotatable bonds is 6. The molecule has 1 fully saturated rings. The predicted molar refractivity (Wildman–Crippen MR) is 105 cm³/mol. The van der Waals surface area contributed by atoms with Crippen molar-refractivity contribution in [3.8, 4) is 17.3 Å². The molecule has 1 aliphatic carbocycles. The summed E-state index contributed by atoms with van der Waals surface area (Å²) in [5, 5.41) is 10.0. The summed E-state index contributed by atoms with van der Waals surface area (Å²) in [6.07, 6.45) is 8.73. The maximum Gasteiger partial charge on any atom is 0.157 e. The molecule has 2 aromatic heterocycles. The Kier molecular flexibility index (Phi) is 4.63. The van der Waals surface area contributed by atoms with Crippen LogP contribution in [0.1, 0.15) is 60.8 Å². The first-order chi connectivity index (χ1) is 13.6. The minimum atomic E-state index is -0.590. The van der Waals surface area contributed by atoms with E-state index in [-0.39, 0.29) is 17.2 Å². The molecule has 6 nitrogen and oxygen atoms in total. The molecule has 6 heteroatoms. The Morgan fingerprint density at radius 2 is 2.00 bits per heavy atom. The minimum Gasteiger partial charge on any atom is -0.507 e. The van der Waals surface area contributed by atoms with Gasteiger partial charge in [0.2, 0.25) is 0 Å². The van der Waals surface area contributed by atoms with E-state index >= 15 is 0 Å². The molecule has 1 aliphatic rings. The van der Waals surface area contributed by atoms with E-state index in [1.165, 1.54) is 6.07 Å². The molecule has 2 heterocycles. The third-order valence-corrected chi connectivity index (χ3v) is 5.32. The van der Waals surface area contributed by atoms with E-state index in [4.69, 9.17) is 4.74 Å². The van der Waals surface area contributed by atoms with E-state index in [2.05, 4.69) is 23.8 Å². The molecule has 0 saturated heterocycles. The third-order valence-electron chi connectivity index (χ3n) is 5.32. The normalized spacial score (nSPS) is 15.2. The largest absolute Gasteiger partial charge is 0.507 e. The van der Waals surface area contributed by atoms with E-state index < -0.39 is 5.60 Å². The van der Waals surface area contributed by atoms with Gasteiger partial charge < -0.3 is 9.84 Å². The maximum atomic E-state index is 11.5. The summed E-state index contributed by atoms with van der Waals surface area (Å²) in [7, 11) is 0. The molecule has 3 aromatic rings. The standard InChI is InChI=1S/C22H23N3O3/c1-15(2)20-24-12-13-25(20)21-17(6-4-11-23-21)22(9-5-10-22)28-19-8-3-7-18(27)16(19)14-26/h3-4,6-8,11-15,27H,5,9-10H2,1-2H3. The summed E-state index contributed by atoms with van der Waals surface area (Å²) >= 11 is 0. The number of carbonyl (C=O) groups is 1. The summed E-state index contributed by atoms with van der Waals surface area (Å²) in [6.45, 7) is 4.19. The molecule has 4 rings (SSSR count). The number of ether oxygens (including phenoxy) is 1. The first kappa shape index (κ1) is 18.2. The highest BCUT2D eigenvalue weighted by atomic mass is 16.5. The lowest BCUT2D eigenvalue weighted by Crippen LogP contribution is -2.41. The quantitative estimate of drug-likeness (QED) is 0.646. The molecule has 28 heavy (non-hydrogen) atoms. The molecular weight excluding hydrogens is 354 g/mol. The Morgan fingerprint density at radius 3 is 2.68 bits per heavy atom. The molecule has 0 amide bonds. The number of nitrogens with zero attached hydrogens (tertiary/aromatic N) is 3. The number of phenolic OH excluding ortho intramolecular Hbond substituents is 1. The summed E-state index contributed by atoms with van der Waals surface area (Å²) < 4.78 is 8.41. The zero-order chi connectivity index (χ0) is 19.7. The predicted octanol–water partition coefficient (Wildman–Crippen LogP) is 4.37. The van der Waals surface area contributed by atoms with Crippen molar-refractivity contribution in [2.24, 2.45) is 0 Å². The van der Waals surface area contributed by atoms with E-state index in [9.17, 15) is 9.90 Å². The SMILES string of the molecule is CC(C)c1nccn1-c1ncccc1C1(Oc2cccc(O)c2C=O)CCC1. The van der Waals surface area contributed by atoms with Crippen molar-refractivity contribution in [3.63, 3.8) is 0 Å². The number of phenols is 1. The molecular formula is C22H23N3O3. The molecule has 0 unspecified atom stereocenters. The van der Waals surface area contributed by atoms with E-state index in [0.717, 1.165) is 36.5 Å². The van der Waals surface area contributed by atoms with Crippen LogP contribution in [0.25, 0.3) is 5.82 Å². The number of aromatic nitrogens is 3. The number of hydrogen-bond donors (Lipinski definition) is 1. The van der Waals surface area contributed by atoms with Gasteiger partial charge in [0.05, 0.1) is 5.56 Å². The highest BCUT2D eigenvalue weighted by molar-refractivity contribution is 5.83. The van der Waals surface area contributed by atoms with Crippen molar-refractivity contribution in [2.45, 2.75) is 44.6 Å². The number of hydrogen-bond acceptors (Lipinski definition) is 5. The molecule has 1 aromatic carbocycles. The van der Waals surface area contributed by atoms with Gasteiger partial charge in [0, 0.05) is 30.1 Å². The number of carbonyl (C=O) groups excluding carboxylic acids is 1. The molecule has 144 valence electrons. The molecule has 0 bridgehead atoms. The van der Waals surface area contributed by atoms with Crippen LogP contribution in [0.4, 0.5) is 0 Å². The first-order valence-electron chi connectivity index (χ1n) is 9.51. The number of aldehydes is 1. The summed E-state index contributed by atoms with van der Waals surface area (Å²) in [5.41, 5.74) is 0.541. The fourth-order valence-corrected chi connectivity index (χ4v) is 3.74. The molecule has 0 aliphatic heterocycles. The first-order valence-corrected chi connectivity index (χ1v) is 9.51. The molecule has 1 N–H and O–H groups in total. The van der Waals surface area contributed by atoms with E-state index in [0.29, 0.717) is 12.0 Å². The van der Waals surface area contributed by atoms with E-state index in [1.54, 1.807) is 24.5 Å². The van der Waals surface area contributed by atoms with Crippen LogP contribution in [0.15, 0.2) is 48.9 Å². The van der Waals surface area contributed by atoms with Crippen LogP contribution in [-0.4, -0.2) is 25.9 Å². The summed E-state index contributed by atoms with van der Waals surface area (Å²) in [5.74, 6) is 2.27. The topological polar surface area (TPSA) is 77.2 Å². The van der Waals surface area contributed by atoms with Crippen LogP contribution in [-0.2, 0) is 5.60 Å². The lowest BCUT2D eigenvalue weighted by atomic mass is 9.74. The fraction of sp³-hybridized carbons (Fsp3) is 0.318. The second-order valence-corrected chi connectivity index (χ2v) is 7.44. The number of pyridine rings is 1. The van der Waals surface area contributed by atoms with Gasteiger partial charge in [-0.15, -0.1) is 0 Å². The van der Waals surface area contributed by atoms with Gasteiger partial charge in [0.1, 0.15) is 28.7 Å². The van der Waals surface area contributed by atoms with Crippen LogP contribution in [0.5, 0.6) is 11.5 Å². The van der Waals surface area contributed by atoms with Gasteiger partial charge in [-0.25, -0.2) is 9.97 Å². The monoisotopic (exact) mass is 377 g/mol. The van der Waals surface area contributed by atoms with Gasteiger partial charge in [-0.3, -0.25) is 9.36 Å². The molecule has 0 radical (unpaired) electrons. The second kappa shape index (κ2) is 7.11. The zero-order valence-corrected chi connectivity index (χ0v) is 16.0. The van der Waals surface area contributed by atoms with Gasteiger partial charge in [0.25, 0.3) is 0 Å². The van der Waals surface area contributed by atoms with E-state index in [1.807, 2.05) is 22.9 Å². The Labute approximate surface area is 163 Å². The smallest absolute Gasteiger partial charge is 0.157 e. The van der Waals surface area contributed by atoms with Crippen molar-refractivity contribution in [2.75, 3.05) is 0 Å². The van der Waals surface area contributed by atoms with Crippen molar-refractivity contribution < 1.29 is 14.6 Å². The van der Waals surface area contributed by atoms with Crippen molar-refractivity contribution in [1.82, 2.24) is 14.5 Å². The highest BCUT2D eigenvalue weighted by Gasteiger charge is 2.44. The summed E-state index contributed by atoms with van der Waals surface area (Å²) in [6, 6.07) is 8.81.